The summed E-state index contributed by atoms with van der Waals surface area (Å²) in [5, 5.41) is 11.1. The van der Waals surface area contributed by atoms with Gasteiger partial charge in [-0.1, -0.05) is 13.8 Å². The third-order valence-electron chi connectivity index (χ3n) is 4.19. The summed E-state index contributed by atoms with van der Waals surface area (Å²) in [6.07, 6.45) is 0.797. The molecule has 1 aliphatic rings. The maximum Gasteiger partial charge on any atom is 0.238 e. The van der Waals surface area contributed by atoms with E-state index in [0.29, 0.717) is 12.2 Å². The fourth-order valence-electron chi connectivity index (χ4n) is 2.64. The van der Waals surface area contributed by atoms with E-state index in [2.05, 4.69) is 10.6 Å². The molecule has 0 saturated carbocycles. The predicted octanol–water partition coefficient (Wildman–Crippen LogP) is 0.908. The number of carbonyl (C=O) groups is 1. The van der Waals surface area contributed by atoms with Gasteiger partial charge in [0.2, 0.25) is 15.9 Å². The molecule has 116 valence electrons. The van der Waals surface area contributed by atoms with E-state index in [1.165, 1.54) is 12.1 Å². The van der Waals surface area contributed by atoms with E-state index in [0.717, 1.165) is 13.0 Å². The minimum atomic E-state index is -3.71. The lowest BCUT2D eigenvalue weighted by Gasteiger charge is -2.31. The number of hydrogen-bond acceptors (Lipinski definition) is 4. The Morgan fingerprint density at radius 1 is 1.33 bits per heavy atom. The van der Waals surface area contributed by atoms with Gasteiger partial charge >= 0.3 is 0 Å². The summed E-state index contributed by atoms with van der Waals surface area (Å²) < 4.78 is 22.4. The maximum absolute atomic E-state index is 12.6. The number of sulfonamides is 1. The van der Waals surface area contributed by atoms with E-state index in [1.807, 2.05) is 13.8 Å². The molecule has 0 aromatic heterocycles. The smallest absolute Gasteiger partial charge is 0.238 e. The molecule has 1 aromatic rings. The van der Waals surface area contributed by atoms with Gasteiger partial charge in [-0.25, -0.2) is 13.6 Å². The van der Waals surface area contributed by atoms with E-state index in [1.54, 1.807) is 12.1 Å². The fraction of sp³-hybridized carbons (Fsp3) is 0.500. The standard InChI is InChI=1S/C14H21N3O3S/c1-10(2)14(7-8-16-9-14)13(18)17-11-3-5-12(6-4-11)21(15,19)20/h3-6,10,16H,7-9H2,1-2H3,(H,17,18)(H2,15,19,20). The van der Waals surface area contributed by atoms with Crippen LogP contribution in [0.1, 0.15) is 20.3 Å². The van der Waals surface area contributed by atoms with Crippen LogP contribution in [-0.4, -0.2) is 27.4 Å². The van der Waals surface area contributed by atoms with Crippen LogP contribution >= 0.6 is 0 Å². The van der Waals surface area contributed by atoms with Crippen LogP contribution < -0.4 is 15.8 Å². The van der Waals surface area contributed by atoms with E-state index in [4.69, 9.17) is 5.14 Å². The van der Waals surface area contributed by atoms with Crippen molar-refractivity contribution in [3.05, 3.63) is 24.3 Å². The topological polar surface area (TPSA) is 101 Å². The molecule has 1 saturated heterocycles. The fourth-order valence-corrected chi connectivity index (χ4v) is 3.16. The number of nitrogens with one attached hydrogen (secondary N) is 2. The molecule has 0 spiro atoms. The summed E-state index contributed by atoms with van der Waals surface area (Å²) in [5.41, 5.74) is 0.151. The van der Waals surface area contributed by atoms with Gasteiger partial charge in [-0.15, -0.1) is 0 Å². The third-order valence-corrected chi connectivity index (χ3v) is 5.12. The van der Waals surface area contributed by atoms with Crippen LogP contribution in [0.3, 0.4) is 0 Å². The van der Waals surface area contributed by atoms with Gasteiger partial charge in [0.25, 0.3) is 0 Å². The van der Waals surface area contributed by atoms with Crippen molar-refractivity contribution in [3.8, 4) is 0 Å². The van der Waals surface area contributed by atoms with Crippen molar-refractivity contribution in [1.29, 1.82) is 0 Å². The second kappa shape index (κ2) is 5.75. The molecule has 1 fully saturated rings. The molecule has 21 heavy (non-hydrogen) atoms. The summed E-state index contributed by atoms with van der Waals surface area (Å²) in [7, 11) is -3.71. The van der Waals surface area contributed by atoms with Crippen molar-refractivity contribution in [2.24, 2.45) is 16.5 Å². The Morgan fingerprint density at radius 2 is 1.95 bits per heavy atom. The highest BCUT2D eigenvalue weighted by atomic mass is 32.2. The van der Waals surface area contributed by atoms with Crippen LogP contribution in [0.4, 0.5) is 5.69 Å². The Bertz CT molecular complexity index is 617. The molecule has 0 radical (unpaired) electrons. The van der Waals surface area contributed by atoms with Crippen molar-refractivity contribution in [2.75, 3.05) is 18.4 Å². The third kappa shape index (κ3) is 3.25. The first-order chi connectivity index (χ1) is 9.75. The van der Waals surface area contributed by atoms with Gasteiger partial charge < -0.3 is 10.6 Å². The number of amides is 1. The normalized spacial score (nSPS) is 22.5. The van der Waals surface area contributed by atoms with Gasteiger partial charge in [0.05, 0.1) is 10.3 Å². The molecule has 1 heterocycles. The zero-order valence-electron chi connectivity index (χ0n) is 12.2. The molecule has 6 nitrogen and oxygen atoms in total. The zero-order valence-corrected chi connectivity index (χ0v) is 13.0. The van der Waals surface area contributed by atoms with Gasteiger partial charge in [-0.05, 0) is 43.1 Å². The molecule has 2 rings (SSSR count). The van der Waals surface area contributed by atoms with Gasteiger partial charge in [-0.2, -0.15) is 0 Å². The van der Waals surface area contributed by atoms with Crippen molar-refractivity contribution in [3.63, 3.8) is 0 Å². The Kier molecular flexibility index (Phi) is 4.36. The van der Waals surface area contributed by atoms with Crippen molar-refractivity contribution >= 4 is 21.6 Å². The molecule has 7 heteroatoms. The van der Waals surface area contributed by atoms with Crippen molar-refractivity contribution in [2.45, 2.75) is 25.2 Å². The average molecular weight is 311 g/mol. The number of carbonyl (C=O) groups excluding carboxylic acids is 1. The van der Waals surface area contributed by atoms with Gasteiger partial charge in [0.1, 0.15) is 0 Å². The van der Waals surface area contributed by atoms with E-state index < -0.39 is 15.4 Å². The molecule has 1 aromatic carbocycles. The second-order valence-electron chi connectivity index (χ2n) is 5.76. The minimum Gasteiger partial charge on any atom is -0.326 e. The predicted molar refractivity (Wildman–Crippen MR) is 81.2 cm³/mol. The van der Waals surface area contributed by atoms with E-state index in [9.17, 15) is 13.2 Å². The first-order valence-electron chi connectivity index (χ1n) is 6.91. The zero-order chi connectivity index (χ0) is 15.7. The largest absolute Gasteiger partial charge is 0.326 e. The summed E-state index contributed by atoms with van der Waals surface area (Å²) in [6.45, 7) is 5.56. The monoisotopic (exact) mass is 311 g/mol. The van der Waals surface area contributed by atoms with Crippen LogP contribution in [0.2, 0.25) is 0 Å². The van der Waals surface area contributed by atoms with Gasteiger partial charge in [-0.3, -0.25) is 4.79 Å². The van der Waals surface area contributed by atoms with Gasteiger partial charge in [0, 0.05) is 12.2 Å². The van der Waals surface area contributed by atoms with Crippen molar-refractivity contribution < 1.29 is 13.2 Å². The average Bonchev–Trinajstić information content (AvgIpc) is 2.89. The lowest BCUT2D eigenvalue weighted by atomic mass is 9.75. The Hall–Kier alpha value is -1.44. The summed E-state index contributed by atoms with van der Waals surface area (Å²) >= 11 is 0. The van der Waals surface area contributed by atoms with E-state index >= 15 is 0 Å². The first kappa shape index (κ1) is 15.9. The molecule has 1 aliphatic heterocycles. The highest BCUT2D eigenvalue weighted by Crippen LogP contribution is 2.35. The highest BCUT2D eigenvalue weighted by Gasteiger charge is 2.43. The summed E-state index contributed by atoms with van der Waals surface area (Å²) in [4.78, 5) is 12.6. The molecular weight excluding hydrogens is 290 g/mol. The number of hydrogen-bond donors (Lipinski definition) is 3. The maximum atomic E-state index is 12.6. The SMILES string of the molecule is CC(C)C1(C(=O)Nc2ccc(S(N)(=O)=O)cc2)CCNC1. The summed E-state index contributed by atoms with van der Waals surface area (Å²) in [6, 6.07) is 5.88. The van der Waals surface area contributed by atoms with E-state index in [-0.39, 0.29) is 16.7 Å². The van der Waals surface area contributed by atoms with Crippen LogP contribution in [0.25, 0.3) is 0 Å². The quantitative estimate of drug-likeness (QED) is 0.769. The molecule has 1 unspecified atom stereocenters. The van der Waals surface area contributed by atoms with Crippen LogP contribution in [0.5, 0.6) is 0 Å². The molecule has 1 amide bonds. The van der Waals surface area contributed by atoms with Crippen molar-refractivity contribution in [1.82, 2.24) is 5.32 Å². The molecule has 0 aliphatic carbocycles. The Morgan fingerprint density at radius 3 is 2.38 bits per heavy atom. The number of anilines is 1. The summed E-state index contributed by atoms with van der Waals surface area (Å²) in [5.74, 6) is 0.182. The molecule has 0 bridgehead atoms. The van der Waals surface area contributed by atoms with Crippen LogP contribution in [-0.2, 0) is 14.8 Å². The highest BCUT2D eigenvalue weighted by molar-refractivity contribution is 7.89. The second-order valence-corrected chi connectivity index (χ2v) is 7.32. The number of benzene rings is 1. The lowest BCUT2D eigenvalue weighted by molar-refractivity contribution is -0.126. The first-order valence-corrected chi connectivity index (χ1v) is 8.45. The lowest BCUT2D eigenvalue weighted by Crippen LogP contribution is -2.42. The Labute approximate surface area is 125 Å². The number of primary sulfonamides is 1. The number of rotatable bonds is 4. The van der Waals surface area contributed by atoms with Crippen LogP contribution in [0.15, 0.2) is 29.2 Å². The minimum absolute atomic E-state index is 0.0293. The van der Waals surface area contributed by atoms with Crippen LogP contribution in [0, 0.1) is 11.3 Å². The Balaban J connectivity index is 2.16. The number of nitrogens with two attached hydrogens (primary N) is 1. The molecule has 4 N–H and O–H groups in total. The van der Waals surface area contributed by atoms with Gasteiger partial charge in [0.15, 0.2) is 0 Å². The molecular formula is C14H21N3O3S. The molecule has 1 atom stereocenters.